The van der Waals surface area contributed by atoms with Gasteiger partial charge in [-0.25, -0.2) is 9.97 Å². The normalized spacial score (nSPS) is 18.4. The molecule has 4 nitrogen and oxygen atoms in total. The first-order chi connectivity index (χ1) is 9.88. The minimum absolute atomic E-state index is 0.638. The Kier molecular flexibility index (Phi) is 3.22. The number of hydrogen-bond acceptors (Lipinski definition) is 4. The second-order valence-electron chi connectivity index (χ2n) is 5.66. The molecule has 20 heavy (non-hydrogen) atoms. The highest BCUT2D eigenvalue weighted by atomic mass is 32.2. The van der Waals surface area contributed by atoms with E-state index in [-0.39, 0.29) is 0 Å². The quantitative estimate of drug-likeness (QED) is 0.604. The Morgan fingerprint density at radius 3 is 2.70 bits per heavy atom. The molecule has 2 fully saturated rings. The van der Waals surface area contributed by atoms with Crippen molar-refractivity contribution in [1.82, 2.24) is 19.7 Å². The van der Waals surface area contributed by atoms with Gasteiger partial charge in [0.15, 0.2) is 0 Å². The summed E-state index contributed by atoms with van der Waals surface area (Å²) in [5.74, 6) is 3.45. The van der Waals surface area contributed by atoms with Crippen molar-refractivity contribution in [3.8, 4) is 0 Å². The summed E-state index contributed by atoms with van der Waals surface area (Å²) in [4.78, 5) is 9.52. The highest BCUT2D eigenvalue weighted by molar-refractivity contribution is 7.99. The lowest BCUT2D eigenvalue weighted by Gasteiger charge is -2.07. The lowest BCUT2D eigenvalue weighted by Crippen LogP contribution is -2.02. The van der Waals surface area contributed by atoms with Crippen molar-refractivity contribution in [2.75, 3.05) is 5.75 Å². The maximum atomic E-state index is 4.77. The van der Waals surface area contributed by atoms with Crippen molar-refractivity contribution >= 4 is 11.8 Å². The standard InChI is InChI=1S/C15H18N4S/c1-6-16-19(7-1)8-9-20-14-10-13(11-2-3-11)17-15(18-14)12-4-5-12/h1,6-7,10-12H,2-5,8-9H2. The topological polar surface area (TPSA) is 43.6 Å². The Balaban J connectivity index is 1.45. The first kappa shape index (κ1) is 12.4. The third-order valence-corrected chi connectivity index (χ3v) is 4.70. The van der Waals surface area contributed by atoms with Gasteiger partial charge in [-0.2, -0.15) is 5.10 Å². The molecule has 2 heterocycles. The number of rotatable bonds is 6. The summed E-state index contributed by atoms with van der Waals surface area (Å²) in [5, 5.41) is 5.38. The van der Waals surface area contributed by atoms with E-state index < -0.39 is 0 Å². The van der Waals surface area contributed by atoms with Gasteiger partial charge in [-0.05, 0) is 37.8 Å². The van der Waals surface area contributed by atoms with Crippen molar-refractivity contribution in [1.29, 1.82) is 0 Å². The highest BCUT2D eigenvalue weighted by Crippen LogP contribution is 2.43. The van der Waals surface area contributed by atoms with Gasteiger partial charge in [-0.3, -0.25) is 4.68 Å². The molecule has 0 saturated heterocycles. The van der Waals surface area contributed by atoms with E-state index in [1.54, 1.807) is 0 Å². The summed E-state index contributed by atoms with van der Waals surface area (Å²) in [7, 11) is 0. The molecule has 0 atom stereocenters. The largest absolute Gasteiger partial charge is 0.272 e. The van der Waals surface area contributed by atoms with Crippen molar-refractivity contribution in [2.45, 2.75) is 49.1 Å². The zero-order valence-corrected chi connectivity index (χ0v) is 12.2. The maximum Gasteiger partial charge on any atom is 0.132 e. The Morgan fingerprint density at radius 1 is 1.15 bits per heavy atom. The Labute approximate surface area is 123 Å². The number of nitrogens with zero attached hydrogens (tertiary/aromatic N) is 4. The summed E-state index contributed by atoms with van der Waals surface area (Å²) in [6, 6.07) is 4.17. The summed E-state index contributed by atoms with van der Waals surface area (Å²) in [6.45, 7) is 0.930. The first-order valence-electron chi connectivity index (χ1n) is 7.37. The molecule has 2 aromatic heterocycles. The fourth-order valence-electron chi connectivity index (χ4n) is 2.32. The molecule has 0 spiro atoms. The van der Waals surface area contributed by atoms with Crippen LogP contribution in [0.4, 0.5) is 0 Å². The lowest BCUT2D eigenvalue weighted by molar-refractivity contribution is 0.666. The number of aromatic nitrogens is 4. The van der Waals surface area contributed by atoms with Crippen LogP contribution in [-0.2, 0) is 6.54 Å². The molecule has 0 aromatic carbocycles. The van der Waals surface area contributed by atoms with E-state index in [0.29, 0.717) is 11.8 Å². The van der Waals surface area contributed by atoms with E-state index in [9.17, 15) is 0 Å². The van der Waals surface area contributed by atoms with Gasteiger partial charge in [0, 0.05) is 35.7 Å². The molecule has 2 aliphatic carbocycles. The van der Waals surface area contributed by atoms with Crippen LogP contribution in [-0.4, -0.2) is 25.5 Å². The molecule has 0 bridgehead atoms. The van der Waals surface area contributed by atoms with Crippen LogP contribution < -0.4 is 0 Å². The Morgan fingerprint density at radius 2 is 2.00 bits per heavy atom. The SMILES string of the molecule is c1cnn(CCSc2cc(C3CC3)nc(C3CC3)n2)c1. The number of hydrogen-bond donors (Lipinski definition) is 0. The molecular weight excluding hydrogens is 268 g/mol. The molecule has 5 heteroatoms. The van der Waals surface area contributed by atoms with Crippen molar-refractivity contribution in [3.05, 3.63) is 36.0 Å². The van der Waals surface area contributed by atoms with Crippen LogP contribution >= 0.6 is 11.8 Å². The molecule has 0 N–H and O–H groups in total. The molecule has 104 valence electrons. The van der Waals surface area contributed by atoms with Crippen molar-refractivity contribution < 1.29 is 0 Å². The van der Waals surface area contributed by atoms with Crippen LogP contribution in [0.15, 0.2) is 29.6 Å². The molecule has 0 unspecified atom stereocenters. The van der Waals surface area contributed by atoms with Gasteiger partial charge in [0.25, 0.3) is 0 Å². The van der Waals surface area contributed by atoms with Crippen LogP contribution in [0.2, 0.25) is 0 Å². The molecule has 0 amide bonds. The Bertz CT molecular complexity index is 558. The zero-order chi connectivity index (χ0) is 13.4. The van der Waals surface area contributed by atoms with E-state index in [2.05, 4.69) is 11.2 Å². The first-order valence-corrected chi connectivity index (χ1v) is 8.36. The van der Waals surface area contributed by atoms with E-state index in [1.807, 2.05) is 34.9 Å². The minimum Gasteiger partial charge on any atom is -0.272 e. The minimum atomic E-state index is 0.638. The maximum absolute atomic E-state index is 4.77. The molecule has 0 radical (unpaired) electrons. The molecule has 0 aliphatic heterocycles. The van der Waals surface area contributed by atoms with Gasteiger partial charge >= 0.3 is 0 Å². The number of aryl methyl sites for hydroxylation is 1. The zero-order valence-electron chi connectivity index (χ0n) is 11.4. The van der Waals surface area contributed by atoms with E-state index in [4.69, 9.17) is 9.97 Å². The predicted octanol–water partition coefficient (Wildman–Crippen LogP) is 3.22. The fourth-order valence-corrected chi connectivity index (χ4v) is 3.17. The summed E-state index contributed by atoms with van der Waals surface area (Å²) >= 11 is 1.83. The predicted molar refractivity (Wildman–Crippen MR) is 78.9 cm³/mol. The smallest absolute Gasteiger partial charge is 0.132 e. The molecule has 2 aromatic rings. The van der Waals surface area contributed by atoms with Crippen LogP contribution in [0.3, 0.4) is 0 Å². The van der Waals surface area contributed by atoms with Crippen LogP contribution in [0, 0.1) is 0 Å². The monoisotopic (exact) mass is 286 g/mol. The molecule has 2 aliphatic rings. The van der Waals surface area contributed by atoms with Gasteiger partial charge in [0.1, 0.15) is 10.9 Å². The third-order valence-electron chi connectivity index (χ3n) is 3.81. The highest BCUT2D eigenvalue weighted by Gasteiger charge is 2.31. The third kappa shape index (κ3) is 2.87. The van der Waals surface area contributed by atoms with Gasteiger partial charge in [0.2, 0.25) is 0 Å². The van der Waals surface area contributed by atoms with E-state index in [0.717, 1.165) is 23.1 Å². The average Bonchev–Trinajstić information content (AvgIpc) is 3.37. The molecular formula is C15H18N4S. The Hall–Kier alpha value is -1.36. The van der Waals surface area contributed by atoms with E-state index >= 15 is 0 Å². The second kappa shape index (κ2) is 5.20. The van der Waals surface area contributed by atoms with Gasteiger partial charge in [0.05, 0.1) is 6.54 Å². The fraction of sp³-hybridized carbons (Fsp3) is 0.533. The summed E-state index contributed by atoms with van der Waals surface area (Å²) in [5.41, 5.74) is 1.28. The number of thioether (sulfide) groups is 1. The van der Waals surface area contributed by atoms with Gasteiger partial charge in [-0.15, -0.1) is 11.8 Å². The van der Waals surface area contributed by atoms with Crippen molar-refractivity contribution in [3.63, 3.8) is 0 Å². The van der Waals surface area contributed by atoms with Gasteiger partial charge in [-0.1, -0.05) is 0 Å². The van der Waals surface area contributed by atoms with Crippen molar-refractivity contribution in [2.24, 2.45) is 0 Å². The summed E-state index contributed by atoms with van der Waals surface area (Å²) in [6.07, 6.45) is 8.98. The lowest BCUT2D eigenvalue weighted by atomic mass is 10.2. The van der Waals surface area contributed by atoms with Gasteiger partial charge < -0.3 is 0 Å². The van der Waals surface area contributed by atoms with Crippen LogP contribution in [0.25, 0.3) is 0 Å². The van der Waals surface area contributed by atoms with E-state index in [1.165, 1.54) is 31.4 Å². The molecule has 2 saturated carbocycles. The van der Waals surface area contributed by atoms with Crippen LogP contribution in [0.1, 0.15) is 49.0 Å². The average molecular weight is 286 g/mol. The molecule has 4 rings (SSSR count). The summed E-state index contributed by atoms with van der Waals surface area (Å²) < 4.78 is 1.97. The van der Waals surface area contributed by atoms with Crippen LogP contribution in [0.5, 0.6) is 0 Å². The second-order valence-corrected chi connectivity index (χ2v) is 6.77.